The van der Waals surface area contributed by atoms with Crippen molar-refractivity contribution >= 4 is 11.7 Å². The van der Waals surface area contributed by atoms with Gasteiger partial charge in [-0.25, -0.2) is 9.97 Å². The summed E-state index contributed by atoms with van der Waals surface area (Å²) in [5.41, 5.74) is 3.25. The molecule has 0 aliphatic carbocycles. The fourth-order valence-corrected chi connectivity index (χ4v) is 4.02. The van der Waals surface area contributed by atoms with E-state index in [1.807, 2.05) is 12.1 Å². The number of amides is 1. The van der Waals surface area contributed by atoms with Gasteiger partial charge in [0.25, 0.3) is 0 Å². The summed E-state index contributed by atoms with van der Waals surface area (Å²) < 4.78 is 5.58. The largest absolute Gasteiger partial charge is 0.376 e. The maximum atomic E-state index is 12.5. The van der Waals surface area contributed by atoms with Crippen molar-refractivity contribution in [1.29, 1.82) is 0 Å². The van der Waals surface area contributed by atoms with Gasteiger partial charge in [0.1, 0.15) is 12.1 Å². The van der Waals surface area contributed by atoms with Crippen molar-refractivity contribution in [3.63, 3.8) is 0 Å². The van der Waals surface area contributed by atoms with Crippen LogP contribution < -0.4 is 10.2 Å². The summed E-state index contributed by atoms with van der Waals surface area (Å²) in [7, 11) is 0. The van der Waals surface area contributed by atoms with Crippen molar-refractivity contribution in [2.24, 2.45) is 5.92 Å². The lowest BCUT2D eigenvalue weighted by atomic mass is 9.95. The summed E-state index contributed by atoms with van der Waals surface area (Å²) in [4.78, 5) is 23.6. The maximum Gasteiger partial charge on any atom is 0.223 e. The molecular formula is C22H28N4O2. The first-order chi connectivity index (χ1) is 13.7. The smallest absolute Gasteiger partial charge is 0.223 e. The molecule has 1 N–H and O–H groups in total. The van der Waals surface area contributed by atoms with Crippen LogP contribution in [-0.4, -0.2) is 48.2 Å². The summed E-state index contributed by atoms with van der Waals surface area (Å²) >= 11 is 0. The Morgan fingerprint density at radius 2 is 2.07 bits per heavy atom. The topological polar surface area (TPSA) is 67.4 Å². The number of hydrogen-bond donors (Lipinski definition) is 1. The predicted molar refractivity (Wildman–Crippen MR) is 109 cm³/mol. The zero-order valence-electron chi connectivity index (χ0n) is 16.4. The third-order valence-corrected chi connectivity index (χ3v) is 5.68. The van der Waals surface area contributed by atoms with Gasteiger partial charge in [-0.2, -0.15) is 0 Å². The van der Waals surface area contributed by atoms with Gasteiger partial charge in [-0.3, -0.25) is 4.79 Å². The molecule has 6 nitrogen and oxygen atoms in total. The third kappa shape index (κ3) is 4.50. The van der Waals surface area contributed by atoms with Crippen LogP contribution in [-0.2, 0) is 9.53 Å². The summed E-state index contributed by atoms with van der Waals surface area (Å²) in [6.07, 6.45) is 5.68. The monoisotopic (exact) mass is 380 g/mol. The molecule has 2 saturated heterocycles. The van der Waals surface area contributed by atoms with E-state index in [0.717, 1.165) is 62.5 Å². The zero-order valence-corrected chi connectivity index (χ0v) is 16.4. The van der Waals surface area contributed by atoms with E-state index in [1.54, 1.807) is 6.33 Å². The van der Waals surface area contributed by atoms with Crippen LogP contribution in [0, 0.1) is 12.8 Å². The normalized spacial score (nSPS) is 20.3. The molecule has 1 atom stereocenters. The van der Waals surface area contributed by atoms with Crippen LogP contribution in [0.2, 0.25) is 0 Å². The highest BCUT2D eigenvalue weighted by molar-refractivity contribution is 5.79. The van der Waals surface area contributed by atoms with Crippen LogP contribution in [0.1, 0.15) is 31.2 Å². The molecule has 2 aromatic rings. The van der Waals surface area contributed by atoms with Crippen molar-refractivity contribution in [2.75, 3.05) is 31.1 Å². The van der Waals surface area contributed by atoms with E-state index < -0.39 is 0 Å². The van der Waals surface area contributed by atoms with E-state index in [0.29, 0.717) is 6.54 Å². The molecule has 4 rings (SSSR count). The molecule has 0 bridgehead atoms. The highest BCUT2D eigenvalue weighted by Crippen LogP contribution is 2.25. The Kier molecular flexibility index (Phi) is 5.86. The minimum absolute atomic E-state index is 0.0794. The number of nitrogens with zero attached hydrogens (tertiary/aromatic N) is 3. The number of aryl methyl sites for hydroxylation is 1. The first kappa shape index (κ1) is 18.9. The van der Waals surface area contributed by atoms with Crippen LogP contribution in [0.4, 0.5) is 5.82 Å². The van der Waals surface area contributed by atoms with Crippen LogP contribution in [0.3, 0.4) is 0 Å². The molecule has 28 heavy (non-hydrogen) atoms. The second-order valence-electron chi connectivity index (χ2n) is 7.77. The fraction of sp³-hybridized carbons (Fsp3) is 0.500. The molecular weight excluding hydrogens is 352 g/mol. The number of ether oxygens (including phenoxy) is 1. The number of benzene rings is 1. The first-order valence-electron chi connectivity index (χ1n) is 10.2. The summed E-state index contributed by atoms with van der Waals surface area (Å²) in [6.45, 7) is 5.22. The minimum Gasteiger partial charge on any atom is -0.376 e. The van der Waals surface area contributed by atoms with Gasteiger partial charge < -0.3 is 15.0 Å². The molecule has 1 amide bonds. The van der Waals surface area contributed by atoms with E-state index >= 15 is 0 Å². The van der Waals surface area contributed by atoms with Crippen LogP contribution in [0.5, 0.6) is 0 Å². The number of rotatable bonds is 5. The predicted octanol–water partition coefficient (Wildman–Crippen LogP) is 2.96. The number of nitrogens with one attached hydrogen (secondary N) is 1. The highest BCUT2D eigenvalue weighted by Gasteiger charge is 2.26. The number of anilines is 1. The average molecular weight is 380 g/mol. The van der Waals surface area contributed by atoms with E-state index in [9.17, 15) is 4.79 Å². The highest BCUT2D eigenvalue weighted by atomic mass is 16.5. The lowest BCUT2D eigenvalue weighted by Gasteiger charge is -2.32. The molecule has 0 saturated carbocycles. The molecule has 2 fully saturated rings. The Morgan fingerprint density at radius 1 is 1.21 bits per heavy atom. The molecule has 148 valence electrons. The Morgan fingerprint density at radius 3 is 2.82 bits per heavy atom. The standard InChI is InChI=1S/C22H28N4O2/c1-16-4-2-5-18(12-16)20-13-21(25-15-24-20)26-9-7-17(8-10-26)22(27)23-14-19-6-3-11-28-19/h2,4-5,12-13,15,17,19H,3,6-11,14H2,1H3,(H,23,27)/t19-/m1/s1. The van der Waals surface area contributed by atoms with Gasteiger partial charge in [0.05, 0.1) is 11.8 Å². The van der Waals surface area contributed by atoms with Gasteiger partial charge >= 0.3 is 0 Å². The SMILES string of the molecule is Cc1cccc(-c2cc(N3CCC(C(=O)NC[C@H]4CCCO4)CC3)ncn2)c1. The first-order valence-corrected chi connectivity index (χ1v) is 10.2. The van der Waals surface area contributed by atoms with Gasteiger partial charge in [-0.05, 0) is 38.7 Å². The van der Waals surface area contributed by atoms with Gasteiger partial charge in [0, 0.05) is 43.8 Å². The molecule has 1 aromatic heterocycles. The van der Waals surface area contributed by atoms with E-state index in [-0.39, 0.29) is 17.9 Å². The molecule has 2 aliphatic rings. The lowest BCUT2D eigenvalue weighted by Crippen LogP contribution is -2.42. The Balaban J connectivity index is 1.33. The molecule has 0 spiro atoms. The van der Waals surface area contributed by atoms with Crippen molar-refractivity contribution < 1.29 is 9.53 Å². The molecule has 3 heterocycles. The Bertz CT molecular complexity index is 812. The summed E-state index contributed by atoms with van der Waals surface area (Å²) in [5.74, 6) is 1.18. The number of aromatic nitrogens is 2. The number of hydrogen-bond acceptors (Lipinski definition) is 5. The van der Waals surface area contributed by atoms with Gasteiger partial charge in [-0.1, -0.05) is 23.8 Å². The summed E-state index contributed by atoms with van der Waals surface area (Å²) in [6, 6.07) is 10.4. The van der Waals surface area contributed by atoms with Gasteiger partial charge in [0.2, 0.25) is 5.91 Å². The maximum absolute atomic E-state index is 12.5. The van der Waals surface area contributed by atoms with Crippen LogP contribution in [0.15, 0.2) is 36.7 Å². The van der Waals surface area contributed by atoms with E-state index in [4.69, 9.17) is 4.74 Å². The number of piperidine rings is 1. The van der Waals surface area contributed by atoms with Crippen LogP contribution in [0.25, 0.3) is 11.3 Å². The molecule has 6 heteroatoms. The van der Waals surface area contributed by atoms with Gasteiger partial charge in [0.15, 0.2) is 0 Å². The van der Waals surface area contributed by atoms with E-state index in [2.05, 4.69) is 45.3 Å². The van der Waals surface area contributed by atoms with Crippen molar-refractivity contribution in [2.45, 2.75) is 38.7 Å². The fourth-order valence-electron chi connectivity index (χ4n) is 4.02. The number of carbonyl (C=O) groups excluding carboxylic acids is 1. The molecule has 0 unspecified atom stereocenters. The quantitative estimate of drug-likeness (QED) is 0.864. The van der Waals surface area contributed by atoms with Crippen LogP contribution >= 0.6 is 0 Å². The van der Waals surface area contributed by atoms with Crippen molar-refractivity contribution in [1.82, 2.24) is 15.3 Å². The molecule has 1 aromatic carbocycles. The number of carbonyl (C=O) groups is 1. The summed E-state index contributed by atoms with van der Waals surface area (Å²) in [5, 5.41) is 3.08. The zero-order chi connectivity index (χ0) is 19.3. The Labute approximate surface area is 166 Å². The van der Waals surface area contributed by atoms with Crippen molar-refractivity contribution in [3.05, 3.63) is 42.2 Å². The van der Waals surface area contributed by atoms with Crippen molar-refractivity contribution in [3.8, 4) is 11.3 Å². The lowest BCUT2D eigenvalue weighted by molar-refractivity contribution is -0.126. The second-order valence-corrected chi connectivity index (χ2v) is 7.77. The van der Waals surface area contributed by atoms with E-state index in [1.165, 1.54) is 5.56 Å². The second kappa shape index (κ2) is 8.69. The van der Waals surface area contributed by atoms with Gasteiger partial charge in [-0.15, -0.1) is 0 Å². The average Bonchev–Trinajstić information content (AvgIpc) is 3.26. The Hall–Kier alpha value is -2.47. The minimum atomic E-state index is 0.0794. The molecule has 2 aliphatic heterocycles. The molecule has 0 radical (unpaired) electrons. The third-order valence-electron chi connectivity index (χ3n) is 5.68.